The molecule has 2 rings (SSSR count). The van der Waals surface area contributed by atoms with Gasteiger partial charge < -0.3 is 21.5 Å². The lowest BCUT2D eigenvalue weighted by atomic mass is 10.0. The van der Waals surface area contributed by atoms with E-state index in [0.29, 0.717) is 19.4 Å². The van der Waals surface area contributed by atoms with Crippen LogP contribution in [0.3, 0.4) is 0 Å². The van der Waals surface area contributed by atoms with Crippen LogP contribution in [0.25, 0.3) is 0 Å². The van der Waals surface area contributed by atoms with Gasteiger partial charge in [0, 0.05) is 13.0 Å². The molecule has 0 aliphatic carbocycles. The van der Waals surface area contributed by atoms with E-state index < -0.39 is 18.0 Å². The van der Waals surface area contributed by atoms with Gasteiger partial charge in [0.25, 0.3) is 5.91 Å². The summed E-state index contributed by atoms with van der Waals surface area (Å²) in [6.07, 6.45) is 1.90. The number of benzene rings is 1. The molecule has 1 saturated heterocycles. The highest BCUT2D eigenvalue weighted by Crippen LogP contribution is 2.18. The van der Waals surface area contributed by atoms with Crippen LogP contribution in [0, 0.1) is 0 Å². The number of carbonyl (C=O) groups excluding carboxylic acids is 2. The molecule has 0 saturated carbocycles. The SMILES string of the molecule is NC(=O)[C@@H]1CCCN1C(=O)[C@@H]([NH3+])Cc1ccc(O)cc1. The van der Waals surface area contributed by atoms with Gasteiger partial charge in [-0.3, -0.25) is 9.59 Å². The summed E-state index contributed by atoms with van der Waals surface area (Å²) < 4.78 is 0. The molecule has 6 nitrogen and oxygen atoms in total. The molecule has 0 unspecified atom stereocenters. The number of phenolic OH excluding ortho intramolecular Hbond substituents is 1. The van der Waals surface area contributed by atoms with Crippen LogP contribution in [0.15, 0.2) is 24.3 Å². The van der Waals surface area contributed by atoms with Crippen molar-refractivity contribution in [3.63, 3.8) is 0 Å². The lowest BCUT2D eigenvalue weighted by Gasteiger charge is -2.23. The van der Waals surface area contributed by atoms with Gasteiger partial charge in [-0.05, 0) is 30.5 Å². The van der Waals surface area contributed by atoms with Gasteiger partial charge >= 0.3 is 0 Å². The van der Waals surface area contributed by atoms with E-state index in [1.807, 2.05) is 0 Å². The van der Waals surface area contributed by atoms with E-state index in [1.54, 1.807) is 29.2 Å². The van der Waals surface area contributed by atoms with E-state index in [-0.39, 0.29) is 11.7 Å². The molecule has 1 aliphatic rings. The van der Waals surface area contributed by atoms with Crippen LogP contribution in [0.4, 0.5) is 0 Å². The highest BCUT2D eigenvalue weighted by atomic mass is 16.3. The highest BCUT2D eigenvalue weighted by molar-refractivity contribution is 5.89. The number of carbonyl (C=O) groups is 2. The largest absolute Gasteiger partial charge is 0.508 e. The lowest BCUT2D eigenvalue weighted by Crippen LogP contribution is -2.69. The average Bonchev–Trinajstić information content (AvgIpc) is 2.90. The summed E-state index contributed by atoms with van der Waals surface area (Å²) in [6, 6.07) is 5.72. The van der Waals surface area contributed by atoms with Crippen LogP contribution in [0.2, 0.25) is 0 Å². The lowest BCUT2D eigenvalue weighted by molar-refractivity contribution is -0.405. The van der Waals surface area contributed by atoms with E-state index in [0.717, 1.165) is 12.0 Å². The maximum atomic E-state index is 12.3. The Morgan fingerprint density at radius 1 is 1.40 bits per heavy atom. The molecule has 1 aromatic carbocycles. The zero-order valence-electron chi connectivity index (χ0n) is 11.3. The molecule has 1 heterocycles. The first kappa shape index (κ1) is 14.3. The second-order valence-electron chi connectivity index (χ2n) is 5.16. The highest BCUT2D eigenvalue weighted by Gasteiger charge is 2.36. The number of primary amides is 1. The van der Waals surface area contributed by atoms with Crippen LogP contribution in [0.5, 0.6) is 5.75 Å². The zero-order valence-corrected chi connectivity index (χ0v) is 11.3. The quantitative estimate of drug-likeness (QED) is 0.658. The predicted molar refractivity (Wildman–Crippen MR) is 72.4 cm³/mol. The number of aromatic hydroxyl groups is 1. The van der Waals surface area contributed by atoms with Gasteiger partial charge in [0.1, 0.15) is 11.8 Å². The summed E-state index contributed by atoms with van der Waals surface area (Å²) in [5.74, 6) is -0.402. The van der Waals surface area contributed by atoms with Gasteiger partial charge in [0.15, 0.2) is 6.04 Å². The fourth-order valence-electron chi connectivity index (χ4n) is 2.56. The molecule has 1 aliphatic heterocycles. The van der Waals surface area contributed by atoms with Crippen LogP contribution in [0.1, 0.15) is 18.4 Å². The number of hydrogen-bond donors (Lipinski definition) is 3. The Morgan fingerprint density at radius 3 is 2.65 bits per heavy atom. The molecular formula is C14H20N3O3+. The maximum absolute atomic E-state index is 12.3. The summed E-state index contributed by atoms with van der Waals surface area (Å²) in [5, 5.41) is 9.23. The molecule has 0 bridgehead atoms. The summed E-state index contributed by atoms with van der Waals surface area (Å²) in [6.45, 7) is 0.564. The van der Waals surface area contributed by atoms with Crippen molar-refractivity contribution >= 4 is 11.8 Å². The van der Waals surface area contributed by atoms with Crippen LogP contribution in [-0.4, -0.2) is 40.4 Å². The van der Waals surface area contributed by atoms with E-state index in [9.17, 15) is 14.7 Å². The van der Waals surface area contributed by atoms with Gasteiger partial charge in [-0.1, -0.05) is 12.1 Å². The first-order chi connectivity index (χ1) is 9.49. The van der Waals surface area contributed by atoms with Gasteiger partial charge in [-0.15, -0.1) is 0 Å². The van der Waals surface area contributed by atoms with Crippen LogP contribution in [-0.2, 0) is 16.0 Å². The van der Waals surface area contributed by atoms with Crippen molar-refractivity contribution in [1.82, 2.24) is 4.90 Å². The van der Waals surface area contributed by atoms with Crippen LogP contribution < -0.4 is 11.5 Å². The van der Waals surface area contributed by atoms with E-state index in [1.165, 1.54) is 0 Å². The molecule has 6 N–H and O–H groups in total. The minimum Gasteiger partial charge on any atom is -0.508 e. The van der Waals surface area contributed by atoms with Crippen molar-refractivity contribution in [3.05, 3.63) is 29.8 Å². The third kappa shape index (κ3) is 3.08. The summed E-state index contributed by atoms with van der Waals surface area (Å²) in [4.78, 5) is 25.2. The van der Waals surface area contributed by atoms with E-state index in [4.69, 9.17) is 5.73 Å². The third-order valence-electron chi connectivity index (χ3n) is 3.63. The van der Waals surface area contributed by atoms with Gasteiger partial charge in [-0.2, -0.15) is 0 Å². The van der Waals surface area contributed by atoms with Crippen LogP contribution >= 0.6 is 0 Å². The fourth-order valence-corrected chi connectivity index (χ4v) is 2.56. The van der Waals surface area contributed by atoms with Gasteiger partial charge in [0.05, 0.1) is 0 Å². The number of quaternary nitrogens is 1. The number of likely N-dealkylation sites (tertiary alicyclic amines) is 1. The number of hydrogen-bond acceptors (Lipinski definition) is 3. The molecule has 0 aromatic heterocycles. The Labute approximate surface area is 117 Å². The fraction of sp³-hybridized carbons (Fsp3) is 0.429. The minimum atomic E-state index is -0.494. The Morgan fingerprint density at radius 2 is 2.05 bits per heavy atom. The molecule has 6 heteroatoms. The Kier molecular flexibility index (Phi) is 4.24. The second-order valence-corrected chi connectivity index (χ2v) is 5.16. The van der Waals surface area contributed by atoms with Gasteiger partial charge in [0.2, 0.25) is 5.91 Å². The second kappa shape index (κ2) is 5.92. The standard InChI is InChI=1S/C14H19N3O3/c15-11(8-9-3-5-10(18)6-4-9)14(20)17-7-1-2-12(17)13(16)19/h3-6,11-12,18H,1-2,7-8,15H2,(H2,16,19)/p+1/t11-,12-/m0/s1. The summed E-state index contributed by atoms with van der Waals surface area (Å²) in [7, 11) is 0. The predicted octanol–water partition coefficient (Wildman–Crippen LogP) is -0.978. The van der Waals surface area contributed by atoms with E-state index >= 15 is 0 Å². The number of nitrogens with zero attached hydrogens (tertiary/aromatic N) is 1. The number of rotatable bonds is 4. The Balaban J connectivity index is 2.01. The molecule has 0 spiro atoms. The first-order valence-electron chi connectivity index (χ1n) is 6.70. The van der Waals surface area contributed by atoms with Crippen molar-refractivity contribution in [2.75, 3.05) is 6.54 Å². The number of amides is 2. The van der Waals surface area contributed by atoms with Crippen molar-refractivity contribution in [2.45, 2.75) is 31.3 Å². The molecule has 108 valence electrons. The summed E-state index contributed by atoms with van der Waals surface area (Å²) >= 11 is 0. The molecule has 0 radical (unpaired) electrons. The maximum Gasteiger partial charge on any atom is 0.281 e. The Hall–Kier alpha value is -2.08. The number of nitrogens with two attached hydrogens (primary N) is 1. The topological polar surface area (TPSA) is 111 Å². The van der Waals surface area contributed by atoms with Crippen molar-refractivity contribution < 1.29 is 20.4 Å². The normalized spacial score (nSPS) is 19.9. The average molecular weight is 278 g/mol. The van der Waals surface area contributed by atoms with Crippen molar-refractivity contribution in [2.24, 2.45) is 5.73 Å². The monoisotopic (exact) mass is 278 g/mol. The minimum absolute atomic E-state index is 0.139. The first-order valence-corrected chi connectivity index (χ1v) is 6.70. The zero-order chi connectivity index (χ0) is 14.7. The molecule has 1 aromatic rings. The third-order valence-corrected chi connectivity index (χ3v) is 3.63. The van der Waals surface area contributed by atoms with E-state index in [2.05, 4.69) is 5.73 Å². The van der Waals surface area contributed by atoms with Crippen molar-refractivity contribution in [3.8, 4) is 5.75 Å². The molecular weight excluding hydrogens is 258 g/mol. The molecule has 2 amide bonds. The number of phenols is 1. The van der Waals surface area contributed by atoms with Gasteiger partial charge in [-0.25, -0.2) is 0 Å². The molecule has 20 heavy (non-hydrogen) atoms. The smallest absolute Gasteiger partial charge is 0.281 e. The summed E-state index contributed by atoms with van der Waals surface area (Å²) in [5.41, 5.74) is 10.1. The Bertz CT molecular complexity index is 501. The molecule has 2 atom stereocenters. The molecule has 1 fully saturated rings. The van der Waals surface area contributed by atoms with Crippen molar-refractivity contribution in [1.29, 1.82) is 0 Å².